The van der Waals surface area contributed by atoms with Gasteiger partial charge in [-0.2, -0.15) is 13.2 Å². The second kappa shape index (κ2) is 10.8. The van der Waals surface area contributed by atoms with Gasteiger partial charge in [-0.05, 0) is 47.6 Å². The van der Waals surface area contributed by atoms with Gasteiger partial charge in [-0.15, -0.1) is 0 Å². The van der Waals surface area contributed by atoms with Crippen LogP contribution in [0.25, 0.3) is 11.1 Å². The highest BCUT2D eigenvalue weighted by Gasteiger charge is 2.54. The molecule has 2 nitrogen and oxygen atoms in total. The Labute approximate surface area is 186 Å². The molecule has 0 bridgehead atoms. The van der Waals surface area contributed by atoms with Gasteiger partial charge in [0, 0.05) is 6.42 Å². The van der Waals surface area contributed by atoms with Gasteiger partial charge in [0.15, 0.2) is 5.60 Å². The van der Waals surface area contributed by atoms with E-state index in [-0.39, 0.29) is 24.0 Å². The molecular formula is C25H31F5O2. The molecule has 0 aliphatic rings. The average Bonchev–Trinajstić information content (AvgIpc) is 2.76. The quantitative estimate of drug-likeness (QED) is 0.270. The van der Waals surface area contributed by atoms with Crippen molar-refractivity contribution < 1.29 is 32.2 Å². The normalized spacial score (nSPS) is 15.4. The van der Waals surface area contributed by atoms with Crippen molar-refractivity contribution in [2.45, 2.75) is 82.6 Å². The van der Waals surface area contributed by atoms with Crippen LogP contribution in [0.15, 0.2) is 48.5 Å². The molecule has 2 N–H and O–H groups in total. The van der Waals surface area contributed by atoms with Crippen LogP contribution in [0.4, 0.5) is 22.0 Å². The van der Waals surface area contributed by atoms with Gasteiger partial charge in [0.25, 0.3) is 5.92 Å². The van der Waals surface area contributed by atoms with E-state index < -0.39 is 36.6 Å². The number of hydrogen-bond acceptors (Lipinski definition) is 2. The van der Waals surface area contributed by atoms with Gasteiger partial charge >= 0.3 is 6.18 Å². The van der Waals surface area contributed by atoms with E-state index in [0.717, 1.165) is 6.42 Å². The molecular weight excluding hydrogens is 427 g/mol. The van der Waals surface area contributed by atoms with Gasteiger partial charge in [-0.1, -0.05) is 75.6 Å². The fourth-order valence-corrected chi connectivity index (χ4v) is 3.70. The number of alkyl halides is 5. The van der Waals surface area contributed by atoms with Crippen molar-refractivity contribution in [1.29, 1.82) is 0 Å². The highest BCUT2D eigenvalue weighted by molar-refractivity contribution is 5.65. The minimum Gasteiger partial charge on any atom is -0.382 e. The van der Waals surface area contributed by atoms with Crippen LogP contribution < -0.4 is 0 Å². The molecule has 0 aliphatic heterocycles. The lowest BCUT2D eigenvalue weighted by Crippen LogP contribution is -2.42. The first-order valence-corrected chi connectivity index (χ1v) is 11.0. The Hall–Kier alpha value is -1.99. The van der Waals surface area contributed by atoms with Crippen molar-refractivity contribution >= 4 is 0 Å². The zero-order chi connectivity index (χ0) is 24.0. The molecule has 0 fully saturated rings. The molecule has 0 spiro atoms. The second-order valence-corrected chi connectivity index (χ2v) is 8.29. The first-order chi connectivity index (χ1) is 15.0. The highest BCUT2D eigenvalue weighted by Crippen LogP contribution is 2.43. The molecule has 0 saturated carbocycles. The number of unbranched alkanes of at least 4 members (excludes halogenated alkanes) is 3. The Morgan fingerprint density at radius 3 is 1.97 bits per heavy atom. The van der Waals surface area contributed by atoms with Gasteiger partial charge in [0.05, 0.1) is 0 Å². The van der Waals surface area contributed by atoms with Crippen LogP contribution in [-0.2, 0) is 5.60 Å². The summed E-state index contributed by atoms with van der Waals surface area (Å²) < 4.78 is 69.4. The fraction of sp³-hybridized carbons (Fsp3) is 0.520. The summed E-state index contributed by atoms with van der Waals surface area (Å²) in [5, 5.41) is 20.6. The number of benzene rings is 2. The molecule has 2 aromatic carbocycles. The topological polar surface area (TPSA) is 40.5 Å². The lowest BCUT2D eigenvalue weighted by molar-refractivity contribution is -0.269. The van der Waals surface area contributed by atoms with E-state index in [1.165, 1.54) is 42.5 Å². The van der Waals surface area contributed by atoms with Crippen molar-refractivity contribution in [3.63, 3.8) is 0 Å². The Morgan fingerprint density at radius 1 is 0.781 bits per heavy atom. The second-order valence-electron chi connectivity index (χ2n) is 8.29. The summed E-state index contributed by atoms with van der Waals surface area (Å²) >= 11 is 0. The summed E-state index contributed by atoms with van der Waals surface area (Å²) in [4.78, 5) is 0. The number of aliphatic hydroxyl groups excluding tert-OH is 1. The molecule has 178 valence electrons. The van der Waals surface area contributed by atoms with E-state index in [4.69, 9.17) is 0 Å². The van der Waals surface area contributed by atoms with Crippen molar-refractivity contribution in [2.75, 3.05) is 0 Å². The molecule has 7 heteroatoms. The van der Waals surface area contributed by atoms with Crippen molar-refractivity contribution in [3.8, 4) is 11.1 Å². The van der Waals surface area contributed by atoms with Crippen LogP contribution in [0.2, 0.25) is 0 Å². The molecule has 0 amide bonds. The Bertz CT molecular complexity index is 848. The summed E-state index contributed by atoms with van der Waals surface area (Å²) in [6, 6.07) is 11.2. The summed E-state index contributed by atoms with van der Waals surface area (Å²) in [7, 11) is 0. The van der Waals surface area contributed by atoms with Crippen LogP contribution in [0, 0.1) is 0 Å². The van der Waals surface area contributed by atoms with Crippen molar-refractivity contribution in [1.82, 2.24) is 0 Å². The summed E-state index contributed by atoms with van der Waals surface area (Å²) in [6.45, 7) is 3.66. The largest absolute Gasteiger partial charge is 0.421 e. The van der Waals surface area contributed by atoms with Crippen LogP contribution in [-0.4, -0.2) is 22.3 Å². The van der Waals surface area contributed by atoms with Crippen molar-refractivity contribution in [3.05, 3.63) is 59.7 Å². The predicted molar refractivity (Wildman–Crippen MR) is 115 cm³/mol. The lowest BCUT2D eigenvalue weighted by Gasteiger charge is -2.31. The summed E-state index contributed by atoms with van der Waals surface area (Å²) in [6.07, 6.45) is -5.25. The summed E-state index contributed by atoms with van der Waals surface area (Å²) in [5.41, 5.74) is -2.18. The zero-order valence-corrected chi connectivity index (χ0v) is 18.4. The average molecular weight is 459 g/mol. The van der Waals surface area contributed by atoms with Gasteiger partial charge in [0.2, 0.25) is 0 Å². The van der Waals surface area contributed by atoms with Crippen LogP contribution in [0.3, 0.4) is 0 Å². The Balaban J connectivity index is 2.30. The number of aliphatic hydroxyl groups is 2. The van der Waals surface area contributed by atoms with Crippen LogP contribution in [0.5, 0.6) is 0 Å². The maximum absolute atomic E-state index is 14.3. The third-order valence-electron chi connectivity index (χ3n) is 5.77. The number of rotatable bonds is 11. The predicted octanol–water partition coefficient (Wildman–Crippen LogP) is 7.54. The van der Waals surface area contributed by atoms with E-state index in [9.17, 15) is 32.2 Å². The van der Waals surface area contributed by atoms with Crippen LogP contribution in [0.1, 0.15) is 76.0 Å². The first-order valence-electron chi connectivity index (χ1n) is 11.0. The van der Waals surface area contributed by atoms with E-state index in [0.29, 0.717) is 24.0 Å². The highest BCUT2D eigenvalue weighted by atomic mass is 19.4. The zero-order valence-electron chi connectivity index (χ0n) is 18.4. The molecule has 0 aromatic heterocycles. The van der Waals surface area contributed by atoms with Crippen LogP contribution >= 0.6 is 0 Å². The molecule has 2 atom stereocenters. The van der Waals surface area contributed by atoms with Gasteiger partial charge in [-0.3, -0.25) is 0 Å². The third-order valence-corrected chi connectivity index (χ3v) is 5.77. The molecule has 2 rings (SSSR count). The Kier molecular flexibility index (Phi) is 8.82. The van der Waals surface area contributed by atoms with Gasteiger partial charge in [-0.25, -0.2) is 8.78 Å². The smallest absolute Gasteiger partial charge is 0.382 e. The number of hydrogen-bond donors (Lipinski definition) is 2. The maximum atomic E-state index is 14.3. The molecule has 0 aliphatic carbocycles. The minimum atomic E-state index is -4.82. The first kappa shape index (κ1) is 26.3. The molecule has 0 radical (unpaired) electrons. The molecule has 2 aromatic rings. The van der Waals surface area contributed by atoms with Crippen molar-refractivity contribution in [2.24, 2.45) is 0 Å². The monoisotopic (exact) mass is 458 g/mol. The minimum absolute atomic E-state index is 0.0408. The standard InChI is InChI=1S/C25H31F5O2/c1-3-5-7-15-23(32,25(28,29)30)21-13-11-18(12-14-21)19-9-8-10-20(17-19)22(31)24(26,27)16-6-4-2/h8-14,17,22,31-32H,3-7,15-16H2,1-2H3. The molecule has 2 unspecified atom stereocenters. The number of halogens is 5. The Morgan fingerprint density at radius 2 is 1.41 bits per heavy atom. The third kappa shape index (κ3) is 6.07. The van der Waals surface area contributed by atoms with E-state index in [2.05, 4.69) is 0 Å². The van der Waals surface area contributed by atoms with E-state index in [1.54, 1.807) is 13.0 Å². The van der Waals surface area contributed by atoms with E-state index >= 15 is 0 Å². The van der Waals surface area contributed by atoms with Gasteiger partial charge in [0.1, 0.15) is 6.10 Å². The SMILES string of the molecule is CCCCCC(O)(c1ccc(-c2cccc(C(O)C(F)(F)CCCC)c2)cc1)C(F)(F)F. The van der Waals surface area contributed by atoms with E-state index in [1.807, 2.05) is 6.92 Å². The van der Waals surface area contributed by atoms with Gasteiger partial charge < -0.3 is 10.2 Å². The lowest BCUT2D eigenvalue weighted by atomic mass is 9.86. The maximum Gasteiger partial charge on any atom is 0.421 e. The molecule has 0 heterocycles. The molecule has 32 heavy (non-hydrogen) atoms. The fourth-order valence-electron chi connectivity index (χ4n) is 3.70. The molecule has 0 saturated heterocycles. The summed E-state index contributed by atoms with van der Waals surface area (Å²) in [5.74, 6) is -3.28.